The van der Waals surface area contributed by atoms with Crippen LogP contribution in [-0.4, -0.2) is 107 Å². The van der Waals surface area contributed by atoms with Gasteiger partial charge in [-0.1, -0.05) is 160 Å². The zero-order valence-electron chi connectivity index (χ0n) is 43.4. The fourth-order valence-electron chi connectivity index (χ4n) is 10.5. The van der Waals surface area contributed by atoms with Crippen LogP contribution in [0.2, 0.25) is 0 Å². The topological polar surface area (TPSA) is 74.6 Å². The van der Waals surface area contributed by atoms with Gasteiger partial charge in [0.15, 0.2) is 0 Å². The van der Waals surface area contributed by atoms with E-state index >= 15 is 0 Å². The molecule has 0 aliphatic rings. The molecule has 0 aromatic rings. The molecule has 0 saturated carbocycles. The van der Waals surface area contributed by atoms with E-state index in [4.69, 9.17) is 0 Å². The molecule has 0 saturated heterocycles. The van der Waals surface area contributed by atoms with Gasteiger partial charge in [0.05, 0.1) is 103 Å². The Kier molecular flexibility index (Phi) is 45.3. The largest absolute Gasteiger partial charge is 0.475 e. The van der Waals surface area contributed by atoms with Crippen molar-refractivity contribution < 1.29 is 40.2 Å². The van der Waals surface area contributed by atoms with Crippen LogP contribution in [0.15, 0.2) is 0 Å². The van der Waals surface area contributed by atoms with E-state index in [0.29, 0.717) is 0 Å². The molecule has 0 aromatic carbocycles. The maximum atomic E-state index is 13.2. The minimum Gasteiger partial charge on any atom is -0.475 e. The average molecular weight is 1030 g/mol. The second kappa shape index (κ2) is 41.5. The molecule has 0 aliphatic heterocycles. The molecule has 0 heterocycles. The molecule has 0 fully saturated rings. The van der Waals surface area contributed by atoms with Crippen molar-refractivity contribution in [3.8, 4) is 0 Å². The number of unbranched alkanes of at least 4 members (excludes halogenated alkanes) is 12. The van der Waals surface area contributed by atoms with Crippen LogP contribution in [0.25, 0.3) is 0 Å². The molecule has 0 unspecified atom stereocenters. The molecule has 0 amide bonds. The maximum absolute atomic E-state index is 13.2. The molecule has 370 valence electrons. The van der Waals surface area contributed by atoms with Gasteiger partial charge < -0.3 is 10.2 Å². The van der Waals surface area contributed by atoms with Crippen LogP contribution in [0.1, 0.15) is 237 Å². The summed E-state index contributed by atoms with van der Waals surface area (Å²) >= 11 is 0. The molecule has 2 N–H and O–H groups in total. The van der Waals surface area contributed by atoms with Crippen LogP contribution in [0.5, 0.6) is 0 Å². The van der Waals surface area contributed by atoms with Gasteiger partial charge in [0.2, 0.25) is 0 Å². The minimum atomic E-state index is -1.50. The second-order valence-electron chi connectivity index (χ2n) is 19.2. The number of hydrogen-bond acceptors (Lipinski definition) is 2. The first kappa shape index (κ1) is 66.6. The summed E-state index contributed by atoms with van der Waals surface area (Å²) in [5.41, 5.74) is 0. The smallest absolute Gasteiger partial charge is 0.383 e. The Labute approximate surface area is 400 Å². The molecule has 0 radical (unpaired) electrons. The van der Waals surface area contributed by atoms with Crippen LogP contribution in [0.4, 0.5) is 0 Å². The summed E-state index contributed by atoms with van der Waals surface area (Å²) in [6, 6.07) is 0. The van der Waals surface area contributed by atoms with E-state index in [1.807, 2.05) is 0 Å². The molecule has 9 heteroatoms. The molecule has 61 heavy (non-hydrogen) atoms. The predicted molar refractivity (Wildman–Crippen MR) is 288 cm³/mol. The Morgan fingerprint density at radius 3 is 0.443 bits per heavy atom. The number of carbonyl (C=O) groups is 2. The van der Waals surface area contributed by atoms with E-state index < -0.39 is 29.0 Å². The van der Waals surface area contributed by atoms with Crippen molar-refractivity contribution in [1.29, 1.82) is 0 Å². The fourth-order valence-corrected chi connectivity index (χ4v) is 41.8. The Hall–Kier alpha value is 1.32. The predicted octanol–water partition coefficient (Wildman–Crippen LogP) is 18.5. The van der Waals surface area contributed by atoms with Crippen LogP contribution >= 0.6 is 29.0 Å². The van der Waals surface area contributed by atoms with Gasteiger partial charge in [-0.2, -0.15) is 0 Å². The molecule has 0 aromatic heterocycles. The van der Waals surface area contributed by atoms with Crippen molar-refractivity contribution in [2.45, 2.75) is 248 Å². The second-order valence-corrected chi connectivity index (χ2v) is 37.2. The van der Waals surface area contributed by atoms with Gasteiger partial charge in [0, 0.05) is 20.4 Å². The van der Waals surface area contributed by atoms with Gasteiger partial charge in [0.1, 0.15) is 0 Å². The normalized spacial score (nSPS) is 12.4. The van der Waals surface area contributed by atoms with E-state index in [1.165, 1.54) is 228 Å². The van der Waals surface area contributed by atoms with Crippen LogP contribution in [0.3, 0.4) is 0 Å². The fraction of sp³-hybridized carbons (Fsp3) is 0.962. The molecular weight excluding hydrogens is 919 g/mol. The van der Waals surface area contributed by atoms with Gasteiger partial charge in [-0.3, -0.25) is 0 Å². The van der Waals surface area contributed by atoms with Crippen LogP contribution in [-0.2, 0) is 30.0 Å². The Morgan fingerprint density at radius 2 is 0.377 bits per heavy atom. The molecule has 0 atom stereocenters. The van der Waals surface area contributed by atoms with Crippen molar-refractivity contribution in [2.75, 3.05) is 73.9 Å². The first-order chi connectivity index (χ1) is 28.9. The number of carboxylic acids is 2. The van der Waals surface area contributed by atoms with E-state index in [0.717, 1.165) is 0 Å². The van der Waals surface area contributed by atoms with Crippen molar-refractivity contribution >= 4 is 41.0 Å². The van der Waals surface area contributed by atoms with Crippen molar-refractivity contribution in [1.82, 2.24) is 0 Å². The quantitative estimate of drug-likeness (QED) is 0.0472. The average Bonchev–Trinajstić information content (AvgIpc) is 3.25. The van der Waals surface area contributed by atoms with Crippen LogP contribution < -0.4 is 0 Å². The van der Waals surface area contributed by atoms with Crippen molar-refractivity contribution in [2.24, 2.45) is 0 Å². The Morgan fingerprint density at radius 1 is 0.279 bits per heavy atom. The molecule has 4 nitrogen and oxygen atoms in total. The molecular formula is C52H112O4P4Pd+4. The maximum Gasteiger partial charge on any atom is 0.383 e. The number of rotatable bonds is 42. The Bertz CT molecular complexity index is 785. The Balaban J connectivity index is -0.00000109. The monoisotopic (exact) mass is 1030 g/mol. The summed E-state index contributed by atoms with van der Waals surface area (Å²) in [4.78, 5) is 26.5. The standard InChI is InChI=1S/2C26H55O2P2.Pd/c2*1-7-13-19-29(20-14-8-2,21-15-9-3)26(25(27)28)30(22-16-10-4,23-17-11-5)24-18-12-6;/h2*26H,7-24H2,1-6H3;/q2*+1;/p+2. The summed E-state index contributed by atoms with van der Waals surface area (Å²) < 4.78 is 0. The number of carboxylic acid groups (broad SMARTS) is 2. The van der Waals surface area contributed by atoms with Crippen molar-refractivity contribution in [3.63, 3.8) is 0 Å². The summed E-state index contributed by atoms with van der Waals surface area (Å²) in [5, 5.41) is 21.9. The summed E-state index contributed by atoms with van der Waals surface area (Å²) in [6.45, 7) is 27.5. The van der Waals surface area contributed by atoms with Gasteiger partial charge in [-0.15, -0.1) is 0 Å². The molecule has 0 spiro atoms. The van der Waals surface area contributed by atoms with E-state index in [1.54, 1.807) is 0 Å². The van der Waals surface area contributed by atoms with Gasteiger partial charge in [-0.05, 0) is 77.0 Å². The van der Waals surface area contributed by atoms with Gasteiger partial charge in [0.25, 0.3) is 10.8 Å². The van der Waals surface area contributed by atoms with Crippen LogP contribution in [0, 0.1) is 0 Å². The third kappa shape index (κ3) is 24.8. The van der Waals surface area contributed by atoms with Crippen molar-refractivity contribution in [3.05, 3.63) is 0 Å². The zero-order valence-corrected chi connectivity index (χ0v) is 48.6. The minimum absolute atomic E-state index is 0. The first-order valence-corrected chi connectivity index (χ1v) is 36.4. The van der Waals surface area contributed by atoms with E-state index in [9.17, 15) is 19.8 Å². The van der Waals surface area contributed by atoms with E-state index in [-0.39, 0.29) is 43.2 Å². The first-order valence-electron chi connectivity index (χ1n) is 26.7. The number of aliphatic carboxylic acids is 2. The SMILES string of the molecule is CCCC[P+](CCCC)(CCCC)C(C(=O)O)[P+](CCCC)(CCCC)CCCC.CCCC[P+](CCCC)(CCCC)C(C(=O)O)[P+](CCCC)(CCCC)CCCC.[Pd]. The van der Waals surface area contributed by atoms with Gasteiger partial charge >= 0.3 is 11.9 Å². The van der Waals surface area contributed by atoms with Gasteiger partial charge in [-0.25, -0.2) is 9.59 Å². The third-order valence-electron chi connectivity index (χ3n) is 14.0. The molecule has 0 rings (SSSR count). The zero-order chi connectivity index (χ0) is 45.8. The van der Waals surface area contributed by atoms with E-state index in [2.05, 4.69) is 83.1 Å². The summed E-state index contributed by atoms with van der Waals surface area (Å²) in [7, 11) is -6.02. The summed E-state index contributed by atoms with van der Waals surface area (Å²) in [5.74, 6) is -0.772. The molecule has 0 bridgehead atoms. The third-order valence-corrected chi connectivity index (χ3v) is 39.4. The molecule has 0 aliphatic carbocycles. The summed E-state index contributed by atoms with van der Waals surface area (Å²) in [6.07, 6.45) is 44.2. The number of hydrogen-bond donors (Lipinski definition) is 2.